The van der Waals surface area contributed by atoms with Crippen molar-refractivity contribution in [3.63, 3.8) is 0 Å². The van der Waals surface area contributed by atoms with Crippen molar-refractivity contribution >= 4 is 15.5 Å². The van der Waals surface area contributed by atoms with E-state index in [1.165, 1.54) is 24.3 Å². The van der Waals surface area contributed by atoms with Crippen LogP contribution >= 0.6 is 0 Å². The first-order chi connectivity index (χ1) is 7.16. The van der Waals surface area contributed by atoms with Crippen LogP contribution in [0, 0.1) is 10.1 Å². The highest BCUT2D eigenvalue weighted by atomic mass is 32.2. The summed E-state index contributed by atoms with van der Waals surface area (Å²) in [6.45, 7) is 4.76. The van der Waals surface area contributed by atoms with Crippen LogP contribution in [0.15, 0.2) is 29.2 Å². The Labute approximate surface area is 94.2 Å². The average Bonchev–Trinajstić information content (AvgIpc) is 2.16. The van der Waals surface area contributed by atoms with E-state index in [-0.39, 0.29) is 10.6 Å². The second-order valence-electron chi connectivity index (χ2n) is 4.37. The molecule has 0 heterocycles. The summed E-state index contributed by atoms with van der Waals surface area (Å²) in [7, 11) is -3.44. The van der Waals surface area contributed by atoms with Gasteiger partial charge in [0.1, 0.15) is 0 Å². The van der Waals surface area contributed by atoms with Crippen LogP contribution in [0.4, 0.5) is 5.69 Å². The van der Waals surface area contributed by atoms with Crippen molar-refractivity contribution in [2.45, 2.75) is 30.4 Å². The van der Waals surface area contributed by atoms with Crippen molar-refractivity contribution in [3.05, 3.63) is 34.4 Å². The molecule has 0 N–H and O–H groups in total. The van der Waals surface area contributed by atoms with Crippen molar-refractivity contribution in [1.82, 2.24) is 0 Å². The Balaban J connectivity index is 3.23. The summed E-state index contributed by atoms with van der Waals surface area (Å²) in [5.41, 5.74) is -0.118. The van der Waals surface area contributed by atoms with Crippen LogP contribution in [0.25, 0.3) is 0 Å². The van der Waals surface area contributed by atoms with Crippen molar-refractivity contribution in [2.75, 3.05) is 0 Å². The summed E-state index contributed by atoms with van der Waals surface area (Å²) >= 11 is 0. The van der Waals surface area contributed by atoms with Crippen molar-refractivity contribution in [3.8, 4) is 0 Å². The largest absolute Gasteiger partial charge is 0.269 e. The number of nitro benzene ring substituents is 1. The lowest BCUT2D eigenvalue weighted by molar-refractivity contribution is -0.384. The lowest BCUT2D eigenvalue weighted by Gasteiger charge is -2.18. The molecule has 0 bridgehead atoms. The molecule has 0 atom stereocenters. The minimum absolute atomic E-state index is 0.102. The van der Waals surface area contributed by atoms with Crippen LogP contribution in [0.3, 0.4) is 0 Å². The smallest absolute Gasteiger partial charge is 0.258 e. The molecule has 0 amide bonds. The molecule has 0 saturated carbocycles. The van der Waals surface area contributed by atoms with E-state index in [2.05, 4.69) is 0 Å². The van der Waals surface area contributed by atoms with E-state index in [1.54, 1.807) is 20.8 Å². The lowest BCUT2D eigenvalue weighted by Crippen LogP contribution is -2.27. The molecule has 1 rings (SSSR count). The number of nitrogens with zero attached hydrogens (tertiary/aromatic N) is 1. The monoisotopic (exact) mass is 243 g/mol. The zero-order chi connectivity index (χ0) is 12.6. The molecule has 0 aliphatic heterocycles. The van der Waals surface area contributed by atoms with Gasteiger partial charge in [-0.25, -0.2) is 8.42 Å². The molecule has 0 aliphatic carbocycles. The third kappa shape index (κ3) is 2.21. The molecule has 0 spiro atoms. The van der Waals surface area contributed by atoms with Crippen LogP contribution < -0.4 is 0 Å². The van der Waals surface area contributed by atoms with Crippen molar-refractivity contribution < 1.29 is 13.3 Å². The number of sulfone groups is 1. The average molecular weight is 243 g/mol. The molecule has 0 aromatic heterocycles. The number of hydrogen-bond donors (Lipinski definition) is 0. The third-order valence-electron chi connectivity index (χ3n) is 2.16. The van der Waals surface area contributed by atoms with E-state index < -0.39 is 19.5 Å². The van der Waals surface area contributed by atoms with Crippen LogP contribution in [-0.4, -0.2) is 18.1 Å². The maximum Gasteiger partial charge on any atom is 0.269 e. The molecule has 88 valence electrons. The summed E-state index contributed by atoms with van der Waals surface area (Å²) in [4.78, 5) is 9.96. The van der Waals surface area contributed by atoms with Gasteiger partial charge in [0.15, 0.2) is 9.84 Å². The Morgan fingerprint density at radius 1 is 1.12 bits per heavy atom. The molecule has 0 aliphatic rings. The van der Waals surface area contributed by atoms with E-state index in [0.29, 0.717) is 0 Å². The summed E-state index contributed by atoms with van der Waals surface area (Å²) in [6.07, 6.45) is 0. The van der Waals surface area contributed by atoms with E-state index in [4.69, 9.17) is 0 Å². The molecular formula is C10H13NO4S. The Hall–Kier alpha value is -1.43. The fourth-order valence-corrected chi connectivity index (χ4v) is 2.30. The van der Waals surface area contributed by atoms with Crippen LogP contribution in [0.1, 0.15) is 20.8 Å². The predicted octanol–water partition coefficient (Wildman–Crippen LogP) is 2.17. The minimum atomic E-state index is -3.44. The number of nitro groups is 1. The van der Waals surface area contributed by atoms with Gasteiger partial charge in [0.25, 0.3) is 5.69 Å². The van der Waals surface area contributed by atoms with E-state index in [1.807, 2.05) is 0 Å². The fourth-order valence-electron chi connectivity index (χ4n) is 1.10. The molecule has 16 heavy (non-hydrogen) atoms. The summed E-state index contributed by atoms with van der Waals surface area (Å²) in [6, 6.07) is 4.91. The van der Waals surface area contributed by atoms with E-state index >= 15 is 0 Å². The standard InChI is InChI=1S/C10H13NO4S/c1-10(2,3)16(14,15)9-6-4-8(5-7-9)11(12)13/h4-7H,1-3H3. The Morgan fingerprint density at radius 2 is 1.56 bits per heavy atom. The molecule has 1 aromatic rings. The van der Waals surface area contributed by atoms with Crippen LogP contribution in [0.2, 0.25) is 0 Å². The van der Waals surface area contributed by atoms with Gasteiger partial charge in [-0.15, -0.1) is 0 Å². The number of non-ortho nitro benzene ring substituents is 1. The summed E-state index contributed by atoms with van der Waals surface area (Å²) < 4.78 is 23.0. The summed E-state index contributed by atoms with van der Waals surface area (Å²) in [5.74, 6) is 0. The van der Waals surface area contributed by atoms with Gasteiger partial charge in [0.2, 0.25) is 0 Å². The van der Waals surface area contributed by atoms with Gasteiger partial charge in [0, 0.05) is 12.1 Å². The maximum atomic E-state index is 12.0. The molecule has 0 radical (unpaired) electrons. The van der Waals surface area contributed by atoms with E-state index in [0.717, 1.165) is 0 Å². The molecule has 5 nitrogen and oxygen atoms in total. The SMILES string of the molecule is CC(C)(C)S(=O)(=O)c1ccc([N+](=O)[O-])cc1. The lowest BCUT2D eigenvalue weighted by atomic mass is 10.3. The number of benzene rings is 1. The van der Waals surface area contributed by atoms with Gasteiger partial charge < -0.3 is 0 Å². The normalized spacial score (nSPS) is 12.4. The Morgan fingerprint density at radius 3 is 1.88 bits per heavy atom. The summed E-state index contributed by atoms with van der Waals surface area (Å²) in [5, 5.41) is 10.4. The highest BCUT2D eigenvalue weighted by Crippen LogP contribution is 2.25. The molecule has 1 aromatic carbocycles. The quantitative estimate of drug-likeness (QED) is 0.589. The molecule has 0 fully saturated rings. The first kappa shape index (κ1) is 12.6. The van der Waals surface area contributed by atoms with Gasteiger partial charge in [0.05, 0.1) is 14.6 Å². The first-order valence-corrected chi connectivity index (χ1v) is 6.13. The second-order valence-corrected chi connectivity index (χ2v) is 7.07. The maximum absolute atomic E-state index is 12.0. The third-order valence-corrected chi connectivity index (χ3v) is 4.67. The molecule has 6 heteroatoms. The first-order valence-electron chi connectivity index (χ1n) is 4.65. The molecule has 0 unspecified atom stereocenters. The minimum Gasteiger partial charge on any atom is -0.258 e. The molecular weight excluding hydrogens is 230 g/mol. The molecule has 0 saturated heterocycles. The van der Waals surface area contributed by atoms with Gasteiger partial charge in [-0.05, 0) is 32.9 Å². The van der Waals surface area contributed by atoms with E-state index in [9.17, 15) is 18.5 Å². The highest BCUT2D eigenvalue weighted by Gasteiger charge is 2.30. The second kappa shape index (κ2) is 3.86. The van der Waals surface area contributed by atoms with Crippen molar-refractivity contribution in [2.24, 2.45) is 0 Å². The highest BCUT2D eigenvalue weighted by molar-refractivity contribution is 7.92. The zero-order valence-electron chi connectivity index (χ0n) is 9.30. The Kier molecular flexibility index (Phi) is 3.05. The van der Waals surface area contributed by atoms with Gasteiger partial charge in [-0.1, -0.05) is 0 Å². The van der Waals surface area contributed by atoms with Gasteiger partial charge >= 0.3 is 0 Å². The van der Waals surface area contributed by atoms with Crippen molar-refractivity contribution in [1.29, 1.82) is 0 Å². The van der Waals surface area contributed by atoms with Crippen LogP contribution in [0.5, 0.6) is 0 Å². The zero-order valence-corrected chi connectivity index (χ0v) is 10.1. The topological polar surface area (TPSA) is 77.3 Å². The number of rotatable bonds is 2. The van der Waals surface area contributed by atoms with Gasteiger partial charge in [-0.3, -0.25) is 10.1 Å². The predicted molar refractivity (Wildman–Crippen MR) is 60.0 cm³/mol. The van der Waals surface area contributed by atoms with Crippen LogP contribution in [-0.2, 0) is 9.84 Å². The fraction of sp³-hybridized carbons (Fsp3) is 0.400. The Bertz CT molecular complexity index is 497. The number of hydrogen-bond acceptors (Lipinski definition) is 4. The van der Waals surface area contributed by atoms with Gasteiger partial charge in [-0.2, -0.15) is 0 Å².